The Kier molecular flexibility index (Phi) is 8.95. The number of benzene rings is 1. The summed E-state index contributed by atoms with van der Waals surface area (Å²) in [5.41, 5.74) is -1.05. The molecule has 208 valence electrons. The zero-order chi connectivity index (χ0) is 28.3. The number of sulfone groups is 1. The van der Waals surface area contributed by atoms with Gasteiger partial charge in [-0.15, -0.1) is 0 Å². The number of nitrogens with zero attached hydrogens (tertiary/aromatic N) is 1. The van der Waals surface area contributed by atoms with Crippen molar-refractivity contribution in [3.63, 3.8) is 0 Å². The Labute approximate surface area is 216 Å². The van der Waals surface area contributed by atoms with Crippen LogP contribution in [0.5, 0.6) is 5.88 Å². The summed E-state index contributed by atoms with van der Waals surface area (Å²) in [7, 11) is -4.00. The highest BCUT2D eigenvalue weighted by Crippen LogP contribution is 2.41. The average molecular weight is 564 g/mol. The summed E-state index contributed by atoms with van der Waals surface area (Å²) in [5.74, 6) is -5.04. The largest absolute Gasteiger partial charge is 0.468 e. The molecule has 1 fully saturated rings. The number of ketones is 1. The molecular formula is C26H27F6NO4S. The standard InChI is InChI=1S/C26H27F6NO4S/c1-16(2)26(31,32)19-11-20(27)13-22(12-19)38(35,36)21-9-17(10-21)5-3-4-6-23(34)18-7-8-24(33-14-18)37-15-25(28,29)30/h7-8,11-14,17,21H,1,3-6,9-10,15H2,2H3. The molecular weight excluding hydrogens is 536 g/mol. The molecule has 5 nitrogen and oxygen atoms in total. The molecule has 38 heavy (non-hydrogen) atoms. The Morgan fingerprint density at radius 2 is 1.79 bits per heavy atom. The number of carbonyl (C=O) groups excluding carboxylic acids is 1. The highest BCUT2D eigenvalue weighted by molar-refractivity contribution is 7.92. The molecule has 0 saturated heterocycles. The van der Waals surface area contributed by atoms with E-state index in [0.717, 1.165) is 25.3 Å². The van der Waals surface area contributed by atoms with Crippen LogP contribution < -0.4 is 4.74 Å². The van der Waals surface area contributed by atoms with E-state index in [4.69, 9.17) is 0 Å². The van der Waals surface area contributed by atoms with Gasteiger partial charge in [0.15, 0.2) is 22.2 Å². The van der Waals surface area contributed by atoms with Crippen molar-refractivity contribution in [1.82, 2.24) is 4.98 Å². The average Bonchev–Trinajstić information content (AvgIpc) is 2.80. The number of Topliss-reactive ketones (excluding diaryl/α,β-unsaturated/α-hetero) is 1. The van der Waals surface area contributed by atoms with Crippen molar-refractivity contribution in [2.75, 3.05) is 6.61 Å². The van der Waals surface area contributed by atoms with Gasteiger partial charge in [-0.3, -0.25) is 4.79 Å². The molecule has 0 atom stereocenters. The maximum atomic E-state index is 14.3. The molecule has 1 aromatic carbocycles. The van der Waals surface area contributed by atoms with Crippen molar-refractivity contribution in [1.29, 1.82) is 0 Å². The molecule has 1 aromatic heterocycles. The first-order valence-electron chi connectivity index (χ1n) is 11.9. The van der Waals surface area contributed by atoms with Crippen LogP contribution in [0.1, 0.15) is 61.4 Å². The van der Waals surface area contributed by atoms with Crippen molar-refractivity contribution >= 4 is 15.6 Å². The van der Waals surface area contributed by atoms with E-state index in [2.05, 4.69) is 16.3 Å². The molecule has 0 unspecified atom stereocenters. The molecule has 0 radical (unpaired) electrons. The number of allylic oxidation sites excluding steroid dienone is 1. The summed E-state index contributed by atoms with van der Waals surface area (Å²) in [6, 6.07) is 4.68. The van der Waals surface area contributed by atoms with Crippen LogP contribution >= 0.6 is 0 Å². The molecule has 1 saturated carbocycles. The number of hydrogen-bond donors (Lipinski definition) is 0. The zero-order valence-corrected chi connectivity index (χ0v) is 21.3. The van der Waals surface area contributed by atoms with Crippen LogP contribution in [0, 0.1) is 11.7 Å². The second-order valence-corrected chi connectivity index (χ2v) is 11.7. The van der Waals surface area contributed by atoms with Gasteiger partial charge < -0.3 is 4.74 Å². The molecule has 2 aromatic rings. The Hall–Kier alpha value is -2.89. The van der Waals surface area contributed by atoms with Gasteiger partial charge in [0.25, 0.3) is 5.92 Å². The highest BCUT2D eigenvalue weighted by Gasteiger charge is 2.41. The molecule has 3 rings (SSSR count). The van der Waals surface area contributed by atoms with Crippen LogP contribution in [-0.2, 0) is 15.8 Å². The number of carbonyl (C=O) groups is 1. The van der Waals surface area contributed by atoms with E-state index in [-0.39, 0.29) is 29.6 Å². The van der Waals surface area contributed by atoms with Crippen LogP contribution in [0.3, 0.4) is 0 Å². The Morgan fingerprint density at radius 1 is 1.11 bits per heavy atom. The third kappa shape index (κ3) is 7.36. The lowest BCUT2D eigenvalue weighted by Gasteiger charge is -2.35. The number of unbranched alkanes of at least 4 members (excludes halogenated alkanes) is 1. The van der Waals surface area contributed by atoms with Gasteiger partial charge in [-0.1, -0.05) is 19.4 Å². The summed E-state index contributed by atoms with van der Waals surface area (Å²) in [6.45, 7) is 2.79. The van der Waals surface area contributed by atoms with Gasteiger partial charge in [0.05, 0.1) is 10.1 Å². The number of pyridine rings is 1. The third-order valence-electron chi connectivity index (χ3n) is 6.44. The van der Waals surface area contributed by atoms with Crippen molar-refractivity contribution in [3.8, 4) is 5.88 Å². The second kappa shape index (κ2) is 11.5. The quantitative estimate of drug-likeness (QED) is 0.123. The molecule has 0 amide bonds. The molecule has 1 aliphatic rings. The Bertz CT molecular complexity index is 1270. The summed E-state index contributed by atoms with van der Waals surface area (Å²) in [5, 5.41) is -0.800. The predicted octanol–water partition coefficient (Wildman–Crippen LogP) is 6.83. The number of rotatable bonds is 12. The van der Waals surface area contributed by atoms with Gasteiger partial charge in [0.1, 0.15) is 5.82 Å². The van der Waals surface area contributed by atoms with E-state index in [0.29, 0.717) is 38.2 Å². The maximum Gasteiger partial charge on any atom is 0.422 e. The first-order chi connectivity index (χ1) is 17.6. The minimum Gasteiger partial charge on any atom is -0.468 e. The minimum atomic E-state index is -4.49. The zero-order valence-electron chi connectivity index (χ0n) is 20.5. The lowest BCUT2D eigenvalue weighted by atomic mass is 9.81. The molecule has 1 aliphatic carbocycles. The van der Waals surface area contributed by atoms with Gasteiger partial charge in [-0.25, -0.2) is 17.8 Å². The molecule has 0 N–H and O–H groups in total. The summed E-state index contributed by atoms with van der Waals surface area (Å²) >= 11 is 0. The fourth-order valence-electron chi connectivity index (χ4n) is 4.16. The number of alkyl halides is 5. The fraction of sp³-hybridized carbons (Fsp3) is 0.462. The van der Waals surface area contributed by atoms with Gasteiger partial charge in [0, 0.05) is 29.8 Å². The van der Waals surface area contributed by atoms with Crippen LogP contribution in [-0.4, -0.2) is 37.2 Å². The monoisotopic (exact) mass is 563 g/mol. The highest BCUT2D eigenvalue weighted by atomic mass is 32.2. The predicted molar refractivity (Wildman–Crippen MR) is 127 cm³/mol. The van der Waals surface area contributed by atoms with Crippen molar-refractivity contribution in [2.45, 2.75) is 67.7 Å². The van der Waals surface area contributed by atoms with Crippen molar-refractivity contribution in [3.05, 3.63) is 65.6 Å². The van der Waals surface area contributed by atoms with Crippen LogP contribution in [0.2, 0.25) is 0 Å². The van der Waals surface area contributed by atoms with E-state index in [1.54, 1.807) is 0 Å². The summed E-state index contributed by atoms with van der Waals surface area (Å²) < 4.78 is 109. The van der Waals surface area contributed by atoms with Gasteiger partial charge >= 0.3 is 6.18 Å². The van der Waals surface area contributed by atoms with E-state index in [1.165, 1.54) is 12.1 Å². The smallest absolute Gasteiger partial charge is 0.422 e. The third-order valence-corrected chi connectivity index (χ3v) is 8.59. The second-order valence-electron chi connectivity index (χ2n) is 9.49. The van der Waals surface area contributed by atoms with Crippen molar-refractivity contribution < 1.29 is 44.3 Å². The van der Waals surface area contributed by atoms with Gasteiger partial charge in [-0.05, 0) is 61.9 Å². The summed E-state index contributed by atoms with van der Waals surface area (Å²) in [6.07, 6.45) is -0.733. The van der Waals surface area contributed by atoms with E-state index in [9.17, 15) is 39.6 Å². The van der Waals surface area contributed by atoms with E-state index >= 15 is 0 Å². The number of hydrogen-bond acceptors (Lipinski definition) is 5. The lowest BCUT2D eigenvalue weighted by Crippen LogP contribution is -2.36. The van der Waals surface area contributed by atoms with Crippen molar-refractivity contribution in [2.24, 2.45) is 5.92 Å². The SMILES string of the molecule is C=C(C)C(F)(F)c1cc(F)cc(S(=O)(=O)C2CC(CCCCC(=O)c3ccc(OCC(F)(F)F)nc3)C2)c1. The lowest BCUT2D eigenvalue weighted by molar-refractivity contribution is -0.154. The minimum absolute atomic E-state index is 0.0708. The van der Waals surface area contributed by atoms with Crippen LogP contribution in [0.25, 0.3) is 0 Å². The van der Waals surface area contributed by atoms with Gasteiger partial charge in [0.2, 0.25) is 5.88 Å². The molecule has 0 spiro atoms. The number of aromatic nitrogens is 1. The van der Waals surface area contributed by atoms with Crippen LogP contribution in [0.4, 0.5) is 26.3 Å². The topological polar surface area (TPSA) is 73.3 Å². The molecule has 0 bridgehead atoms. The van der Waals surface area contributed by atoms with Crippen LogP contribution in [0.15, 0.2) is 53.6 Å². The van der Waals surface area contributed by atoms with E-state index < -0.39 is 55.6 Å². The summed E-state index contributed by atoms with van der Waals surface area (Å²) in [4.78, 5) is 15.5. The first kappa shape index (κ1) is 29.7. The van der Waals surface area contributed by atoms with E-state index in [1.807, 2.05) is 0 Å². The molecule has 0 aliphatic heterocycles. The number of ether oxygens (including phenoxy) is 1. The maximum absolute atomic E-state index is 14.3. The normalized spacial score (nSPS) is 18.1. The Balaban J connectivity index is 1.45. The first-order valence-corrected chi connectivity index (χ1v) is 13.4. The molecule has 12 heteroatoms. The molecule has 1 heterocycles. The number of halogens is 6. The van der Waals surface area contributed by atoms with Gasteiger partial charge in [-0.2, -0.15) is 22.0 Å². The Morgan fingerprint density at radius 3 is 2.37 bits per heavy atom. The fourth-order valence-corrected chi connectivity index (χ4v) is 6.16.